The standard InChI is InChI=1S/C14H18ClN3S/c1-10-13(8-16-2)19-14(17-10)18(3)9-11-5-4-6-12(15)7-11/h4-7,16H,8-9H2,1-3H3. The highest BCUT2D eigenvalue weighted by Gasteiger charge is 2.11. The number of halogens is 1. The van der Waals surface area contributed by atoms with Crippen molar-refractivity contribution in [2.75, 3.05) is 19.0 Å². The summed E-state index contributed by atoms with van der Waals surface area (Å²) in [5.74, 6) is 0. The molecular weight excluding hydrogens is 278 g/mol. The lowest BCUT2D eigenvalue weighted by Crippen LogP contribution is -2.15. The first-order valence-corrected chi connectivity index (χ1v) is 7.36. The third kappa shape index (κ3) is 3.69. The molecule has 2 aromatic rings. The van der Waals surface area contributed by atoms with Crippen LogP contribution in [0.5, 0.6) is 0 Å². The largest absolute Gasteiger partial charge is 0.347 e. The topological polar surface area (TPSA) is 28.2 Å². The highest BCUT2D eigenvalue weighted by atomic mass is 35.5. The second kappa shape index (κ2) is 6.37. The minimum Gasteiger partial charge on any atom is -0.347 e. The number of rotatable bonds is 5. The first-order chi connectivity index (χ1) is 9.10. The molecule has 0 radical (unpaired) electrons. The van der Waals surface area contributed by atoms with Crippen LogP contribution in [0.15, 0.2) is 24.3 Å². The zero-order valence-electron chi connectivity index (χ0n) is 11.4. The number of anilines is 1. The number of hydrogen-bond acceptors (Lipinski definition) is 4. The van der Waals surface area contributed by atoms with Crippen LogP contribution in [0.2, 0.25) is 5.02 Å². The van der Waals surface area contributed by atoms with E-state index in [2.05, 4.69) is 35.2 Å². The summed E-state index contributed by atoms with van der Waals surface area (Å²) in [6.45, 7) is 3.74. The van der Waals surface area contributed by atoms with E-state index in [0.717, 1.165) is 28.9 Å². The summed E-state index contributed by atoms with van der Waals surface area (Å²) >= 11 is 7.74. The molecule has 0 saturated carbocycles. The molecule has 0 spiro atoms. The zero-order valence-corrected chi connectivity index (χ0v) is 13.0. The predicted molar refractivity (Wildman–Crippen MR) is 83.2 cm³/mol. The van der Waals surface area contributed by atoms with E-state index < -0.39 is 0 Å². The molecule has 0 fully saturated rings. The first kappa shape index (κ1) is 14.3. The molecule has 0 unspecified atom stereocenters. The minimum absolute atomic E-state index is 0.775. The molecule has 1 N–H and O–H groups in total. The number of aromatic nitrogens is 1. The van der Waals surface area contributed by atoms with Crippen molar-refractivity contribution in [2.45, 2.75) is 20.0 Å². The van der Waals surface area contributed by atoms with Gasteiger partial charge >= 0.3 is 0 Å². The fourth-order valence-electron chi connectivity index (χ4n) is 1.88. The lowest BCUT2D eigenvalue weighted by molar-refractivity contribution is 0.822. The molecule has 0 saturated heterocycles. The maximum absolute atomic E-state index is 6.01. The van der Waals surface area contributed by atoms with Gasteiger partial charge in [0.2, 0.25) is 0 Å². The predicted octanol–water partition coefficient (Wildman–Crippen LogP) is 3.46. The summed E-state index contributed by atoms with van der Waals surface area (Å²) in [7, 11) is 4.01. The third-order valence-corrected chi connectivity index (χ3v) is 4.36. The summed E-state index contributed by atoms with van der Waals surface area (Å²) in [6.07, 6.45) is 0. The van der Waals surface area contributed by atoms with Gasteiger partial charge in [-0.3, -0.25) is 0 Å². The Morgan fingerprint density at radius 1 is 1.42 bits per heavy atom. The monoisotopic (exact) mass is 295 g/mol. The van der Waals surface area contributed by atoms with Crippen molar-refractivity contribution in [1.29, 1.82) is 0 Å². The van der Waals surface area contributed by atoms with Crippen molar-refractivity contribution in [3.8, 4) is 0 Å². The van der Waals surface area contributed by atoms with Crippen molar-refractivity contribution in [3.63, 3.8) is 0 Å². The number of benzene rings is 1. The third-order valence-electron chi connectivity index (χ3n) is 2.85. The first-order valence-electron chi connectivity index (χ1n) is 6.16. The molecule has 0 bridgehead atoms. The van der Waals surface area contributed by atoms with Gasteiger partial charge in [0.15, 0.2) is 5.13 Å². The van der Waals surface area contributed by atoms with Crippen molar-refractivity contribution in [2.24, 2.45) is 0 Å². The number of nitrogens with one attached hydrogen (secondary N) is 1. The normalized spacial score (nSPS) is 10.7. The summed E-state index contributed by atoms with van der Waals surface area (Å²) in [5.41, 5.74) is 2.30. The molecule has 0 atom stereocenters. The molecule has 2 rings (SSSR count). The van der Waals surface area contributed by atoms with Crippen molar-refractivity contribution in [1.82, 2.24) is 10.3 Å². The van der Waals surface area contributed by atoms with Gasteiger partial charge in [-0.15, -0.1) is 11.3 Å². The molecule has 0 aliphatic carbocycles. The number of aryl methyl sites for hydroxylation is 1. The smallest absolute Gasteiger partial charge is 0.185 e. The fourth-order valence-corrected chi connectivity index (χ4v) is 3.12. The van der Waals surface area contributed by atoms with Crippen molar-refractivity contribution >= 4 is 28.1 Å². The highest BCUT2D eigenvalue weighted by molar-refractivity contribution is 7.15. The molecule has 1 aromatic carbocycles. The van der Waals surface area contributed by atoms with Crippen LogP contribution >= 0.6 is 22.9 Å². The van der Waals surface area contributed by atoms with Crippen LogP contribution in [-0.4, -0.2) is 19.1 Å². The minimum atomic E-state index is 0.775. The van der Waals surface area contributed by atoms with E-state index in [1.165, 1.54) is 10.4 Å². The van der Waals surface area contributed by atoms with E-state index in [1.54, 1.807) is 11.3 Å². The van der Waals surface area contributed by atoms with Gasteiger partial charge in [0.05, 0.1) is 5.69 Å². The van der Waals surface area contributed by atoms with Crippen molar-refractivity contribution < 1.29 is 0 Å². The second-order valence-corrected chi connectivity index (χ2v) is 6.02. The molecule has 3 nitrogen and oxygen atoms in total. The summed E-state index contributed by atoms with van der Waals surface area (Å²) in [6, 6.07) is 7.94. The maximum atomic E-state index is 6.01. The van der Waals surface area contributed by atoms with Gasteiger partial charge in [0, 0.05) is 30.0 Å². The van der Waals surface area contributed by atoms with E-state index in [-0.39, 0.29) is 0 Å². The Hall–Kier alpha value is -1.10. The van der Waals surface area contributed by atoms with Crippen LogP contribution in [-0.2, 0) is 13.1 Å². The lowest BCUT2D eigenvalue weighted by Gasteiger charge is -2.15. The Kier molecular flexibility index (Phi) is 4.80. The van der Waals surface area contributed by atoms with Crippen LogP contribution < -0.4 is 10.2 Å². The van der Waals surface area contributed by atoms with E-state index in [0.29, 0.717) is 0 Å². The molecule has 102 valence electrons. The molecule has 0 amide bonds. The fraction of sp³-hybridized carbons (Fsp3) is 0.357. The quantitative estimate of drug-likeness (QED) is 0.915. The van der Waals surface area contributed by atoms with Gasteiger partial charge in [-0.1, -0.05) is 23.7 Å². The summed E-state index contributed by atoms with van der Waals surface area (Å²) in [4.78, 5) is 8.06. The van der Waals surface area contributed by atoms with Gasteiger partial charge < -0.3 is 10.2 Å². The molecule has 0 aliphatic rings. The highest BCUT2D eigenvalue weighted by Crippen LogP contribution is 2.26. The van der Waals surface area contributed by atoms with Crippen LogP contribution in [0.4, 0.5) is 5.13 Å². The zero-order chi connectivity index (χ0) is 13.8. The molecule has 1 aromatic heterocycles. The summed E-state index contributed by atoms with van der Waals surface area (Å²) < 4.78 is 0. The van der Waals surface area contributed by atoms with Crippen LogP contribution in [0.25, 0.3) is 0 Å². The van der Waals surface area contributed by atoms with E-state index in [1.807, 2.05) is 25.2 Å². The van der Waals surface area contributed by atoms with Crippen LogP contribution in [0, 0.1) is 6.92 Å². The van der Waals surface area contributed by atoms with Gasteiger partial charge in [-0.05, 0) is 31.7 Å². The molecule has 19 heavy (non-hydrogen) atoms. The number of thiazole rings is 1. The van der Waals surface area contributed by atoms with Crippen LogP contribution in [0.3, 0.4) is 0 Å². The van der Waals surface area contributed by atoms with E-state index in [9.17, 15) is 0 Å². The average Bonchev–Trinajstić information content (AvgIpc) is 2.72. The number of nitrogens with zero attached hydrogens (tertiary/aromatic N) is 2. The Morgan fingerprint density at radius 3 is 2.89 bits per heavy atom. The molecule has 0 aliphatic heterocycles. The molecular formula is C14H18ClN3S. The van der Waals surface area contributed by atoms with Crippen molar-refractivity contribution in [3.05, 3.63) is 45.4 Å². The second-order valence-electron chi connectivity index (χ2n) is 4.52. The Morgan fingerprint density at radius 2 is 2.21 bits per heavy atom. The molecule has 1 heterocycles. The Bertz CT molecular complexity index is 553. The number of hydrogen-bond donors (Lipinski definition) is 1. The van der Waals surface area contributed by atoms with Gasteiger partial charge in [0.1, 0.15) is 0 Å². The van der Waals surface area contributed by atoms with Crippen LogP contribution in [0.1, 0.15) is 16.1 Å². The summed E-state index contributed by atoms with van der Waals surface area (Å²) in [5, 5.41) is 4.99. The SMILES string of the molecule is CNCc1sc(N(C)Cc2cccc(Cl)c2)nc1C. The lowest BCUT2D eigenvalue weighted by atomic mass is 10.2. The molecule has 5 heteroatoms. The van der Waals surface area contributed by atoms with Gasteiger partial charge in [0.25, 0.3) is 0 Å². The maximum Gasteiger partial charge on any atom is 0.185 e. The van der Waals surface area contributed by atoms with E-state index >= 15 is 0 Å². The average molecular weight is 296 g/mol. The Labute approximate surface area is 123 Å². The van der Waals surface area contributed by atoms with E-state index in [4.69, 9.17) is 11.6 Å². The Balaban J connectivity index is 2.11. The van der Waals surface area contributed by atoms with Gasteiger partial charge in [-0.2, -0.15) is 0 Å². The van der Waals surface area contributed by atoms with Gasteiger partial charge in [-0.25, -0.2) is 4.98 Å².